The molecule has 0 fully saturated rings. The number of rotatable bonds is 6. The average Bonchev–Trinajstić information content (AvgIpc) is 2.27. The van der Waals surface area contributed by atoms with Gasteiger partial charge in [-0.1, -0.05) is 12.1 Å². The van der Waals surface area contributed by atoms with E-state index >= 15 is 0 Å². The van der Waals surface area contributed by atoms with E-state index in [1.54, 1.807) is 7.11 Å². The molecule has 0 radical (unpaired) electrons. The van der Waals surface area contributed by atoms with Crippen LogP contribution in [0.2, 0.25) is 0 Å². The molecular formula is C12H19NO2. The molecular weight excluding hydrogens is 190 g/mol. The Hall–Kier alpha value is -1.06. The maximum absolute atomic E-state index is 8.76. The van der Waals surface area contributed by atoms with Crippen molar-refractivity contribution in [3.63, 3.8) is 0 Å². The molecule has 0 aliphatic rings. The lowest BCUT2D eigenvalue weighted by Crippen LogP contribution is -2.26. The third-order valence-electron chi connectivity index (χ3n) is 2.35. The van der Waals surface area contributed by atoms with Crippen molar-refractivity contribution in [3.8, 4) is 5.75 Å². The summed E-state index contributed by atoms with van der Waals surface area (Å²) >= 11 is 0. The molecule has 0 aromatic heterocycles. The van der Waals surface area contributed by atoms with E-state index in [1.165, 1.54) is 5.56 Å². The number of aliphatic hydroxyl groups is 1. The third-order valence-corrected chi connectivity index (χ3v) is 2.35. The molecule has 15 heavy (non-hydrogen) atoms. The van der Waals surface area contributed by atoms with Gasteiger partial charge in [-0.2, -0.15) is 0 Å². The van der Waals surface area contributed by atoms with Crippen molar-refractivity contribution in [3.05, 3.63) is 29.8 Å². The topological polar surface area (TPSA) is 41.5 Å². The fourth-order valence-corrected chi connectivity index (χ4v) is 1.37. The molecule has 1 aromatic rings. The highest BCUT2D eigenvalue weighted by molar-refractivity contribution is 5.28. The van der Waals surface area contributed by atoms with Crippen molar-refractivity contribution in [1.82, 2.24) is 5.32 Å². The molecule has 1 atom stereocenters. The van der Waals surface area contributed by atoms with Crippen LogP contribution in [0.1, 0.15) is 18.9 Å². The van der Waals surface area contributed by atoms with Crippen LogP contribution in [0.5, 0.6) is 5.75 Å². The van der Waals surface area contributed by atoms with Crippen molar-refractivity contribution >= 4 is 0 Å². The number of hydrogen-bond acceptors (Lipinski definition) is 3. The zero-order valence-corrected chi connectivity index (χ0v) is 9.36. The van der Waals surface area contributed by atoms with Gasteiger partial charge in [0.25, 0.3) is 0 Å². The van der Waals surface area contributed by atoms with E-state index in [4.69, 9.17) is 9.84 Å². The monoisotopic (exact) mass is 209 g/mol. The molecule has 0 spiro atoms. The highest BCUT2D eigenvalue weighted by Crippen LogP contribution is 2.12. The van der Waals surface area contributed by atoms with Gasteiger partial charge in [0.1, 0.15) is 5.75 Å². The second-order valence-electron chi connectivity index (χ2n) is 3.65. The van der Waals surface area contributed by atoms with Crippen LogP contribution in [-0.2, 0) is 6.54 Å². The Kier molecular flexibility index (Phi) is 5.15. The van der Waals surface area contributed by atoms with Crippen molar-refractivity contribution in [2.24, 2.45) is 0 Å². The lowest BCUT2D eigenvalue weighted by atomic mass is 10.2. The Morgan fingerprint density at radius 3 is 2.93 bits per heavy atom. The Morgan fingerprint density at radius 1 is 1.47 bits per heavy atom. The van der Waals surface area contributed by atoms with Gasteiger partial charge in [0.05, 0.1) is 7.11 Å². The smallest absolute Gasteiger partial charge is 0.119 e. The zero-order valence-electron chi connectivity index (χ0n) is 9.36. The summed E-state index contributed by atoms with van der Waals surface area (Å²) in [6.45, 7) is 3.10. The van der Waals surface area contributed by atoms with E-state index in [-0.39, 0.29) is 6.61 Å². The lowest BCUT2D eigenvalue weighted by Gasteiger charge is -2.12. The fourth-order valence-electron chi connectivity index (χ4n) is 1.37. The molecule has 0 aliphatic heterocycles. The average molecular weight is 209 g/mol. The summed E-state index contributed by atoms with van der Waals surface area (Å²) < 4.78 is 5.14. The predicted molar refractivity (Wildman–Crippen MR) is 61.0 cm³/mol. The minimum Gasteiger partial charge on any atom is -0.497 e. The maximum atomic E-state index is 8.76. The van der Waals surface area contributed by atoms with Gasteiger partial charge < -0.3 is 15.2 Å². The summed E-state index contributed by atoms with van der Waals surface area (Å²) in [7, 11) is 1.67. The lowest BCUT2D eigenvalue weighted by molar-refractivity contribution is 0.268. The van der Waals surface area contributed by atoms with E-state index in [2.05, 4.69) is 18.3 Å². The summed E-state index contributed by atoms with van der Waals surface area (Å²) in [6, 6.07) is 8.31. The second-order valence-corrected chi connectivity index (χ2v) is 3.65. The van der Waals surface area contributed by atoms with Crippen LogP contribution in [-0.4, -0.2) is 24.9 Å². The Labute approximate surface area is 91.1 Å². The summed E-state index contributed by atoms with van der Waals surface area (Å²) in [5.74, 6) is 0.879. The van der Waals surface area contributed by atoms with Crippen molar-refractivity contribution in [2.45, 2.75) is 25.9 Å². The van der Waals surface area contributed by atoms with Crippen LogP contribution in [0.15, 0.2) is 24.3 Å². The summed E-state index contributed by atoms with van der Waals surface area (Å²) in [4.78, 5) is 0. The minimum atomic E-state index is 0.228. The quantitative estimate of drug-likeness (QED) is 0.747. The molecule has 0 saturated carbocycles. The Morgan fingerprint density at radius 2 is 2.27 bits per heavy atom. The van der Waals surface area contributed by atoms with Crippen LogP contribution in [0.4, 0.5) is 0 Å². The Bertz CT molecular complexity index is 289. The highest BCUT2D eigenvalue weighted by atomic mass is 16.5. The first kappa shape index (κ1) is 12.0. The van der Waals surface area contributed by atoms with E-state index in [0.717, 1.165) is 18.7 Å². The molecule has 0 bridgehead atoms. The number of aliphatic hydroxyl groups excluding tert-OH is 1. The molecule has 3 heteroatoms. The summed E-state index contributed by atoms with van der Waals surface area (Å²) in [5.41, 5.74) is 1.19. The largest absolute Gasteiger partial charge is 0.497 e. The van der Waals surface area contributed by atoms with Gasteiger partial charge in [0.2, 0.25) is 0 Å². The van der Waals surface area contributed by atoms with Crippen LogP contribution in [0.25, 0.3) is 0 Å². The molecule has 0 unspecified atom stereocenters. The zero-order chi connectivity index (χ0) is 11.1. The number of hydrogen-bond donors (Lipinski definition) is 2. The van der Waals surface area contributed by atoms with Crippen LogP contribution < -0.4 is 10.1 Å². The third kappa shape index (κ3) is 4.32. The molecule has 2 N–H and O–H groups in total. The highest BCUT2D eigenvalue weighted by Gasteiger charge is 2.00. The van der Waals surface area contributed by atoms with Gasteiger partial charge in [-0.25, -0.2) is 0 Å². The molecule has 0 amide bonds. The fraction of sp³-hybridized carbons (Fsp3) is 0.500. The van der Waals surface area contributed by atoms with E-state index in [1.807, 2.05) is 18.2 Å². The number of benzene rings is 1. The van der Waals surface area contributed by atoms with Gasteiger partial charge >= 0.3 is 0 Å². The van der Waals surface area contributed by atoms with Crippen LogP contribution in [0.3, 0.4) is 0 Å². The molecule has 0 saturated heterocycles. The molecule has 3 nitrogen and oxygen atoms in total. The molecule has 0 aliphatic carbocycles. The first-order chi connectivity index (χ1) is 7.26. The second kappa shape index (κ2) is 6.43. The van der Waals surface area contributed by atoms with Gasteiger partial charge in [-0.15, -0.1) is 0 Å². The minimum absolute atomic E-state index is 0.228. The van der Waals surface area contributed by atoms with Crippen molar-refractivity contribution < 1.29 is 9.84 Å². The van der Waals surface area contributed by atoms with Gasteiger partial charge in [0, 0.05) is 19.2 Å². The van der Waals surface area contributed by atoms with Crippen molar-refractivity contribution in [2.75, 3.05) is 13.7 Å². The first-order valence-corrected chi connectivity index (χ1v) is 5.23. The van der Waals surface area contributed by atoms with E-state index in [9.17, 15) is 0 Å². The molecule has 1 rings (SSSR count). The molecule has 84 valence electrons. The number of ether oxygens (including phenoxy) is 1. The SMILES string of the molecule is COc1cccc(CN[C@H](C)CCO)c1. The first-order valence-electron chi connectivity index (χ1n) is 5.23. The maximum Gasteiger partial charge on any atom is 0.119 e. The standard InChI is InChI=1S/C12H19NO2/c1-10(6-7-14)13-9-11-4-3-5-12(8-11)15-2/h3-5,8,10,13-14H,6-7,9H2,1-2H3/t10-/m1/s1. The molecule has 1 aromatic carbocycles. The van der Waals surface area contributed by atoms with Crippen molar-refractivity contribution in [1.29, 1.82) is 0 Å². The summed E-state index contributed by atoms with van der Waals surface area (Å²) in [6.07, 6.45) is 0.782. The number of methoxy groups -OCH3 is 1. The predicted octanol–water partition coefficient (Wildman–Crippen LogP) is 1.56. The number of nitrogens with one attached hydrogen (secondary N) is 1. The van der Waals surface area contributed by atoms with Gasteiger partial charge in [-0.3, -0.25) is 0 Å². The normalized spacial score (nSPS) is 12.5. The van der Waals surface area contributed by atoms with Crippen LogP contribution in [0, 0.1) is 0 Å². The Balaban J connectivity index is 2.43. The van der Waals surface area contributed by atoms with E-state index in [0.29, 0.717) is 6.04 Å². The van der Waals surface area contributed by atoms with Crippen LogP contribution >= 0.6 is 0 Å². The molecule has 0 heterocycles. The van der Waals surface area contributed by atoms with E-state index < -0.39 is 0 Å². The van der Waals surface area contributed by atoms with Gasteiger partial charge in [-0.05, 0) is 31.0 Å². The summed E-state index contributed by atoms with van der Waals surface area (Å²) in [5, 5.41) is 12.1. The van der Waals surface area contributed by atoms with Gasteiger partial charge in [0.15, 0.2) is 0 Å².